The molecule has 2 fully saturated rings. The van der Waals surface area contributed by atoms with Gasteiger partial charge in [-0.1, -0.05) is 25.0 Å². The Labute approximate surface area is 167 Å². The van der Waals surface area contributed by atoms with E-state index in [9.17, 15) is 24.0 Å². The molecule has 3 amide bonds. The van der Waals surface area contributed by atoms with E-state index in [1.54, 1.807) is 12.1 Å². The Hall–Kier alpha value is -3.23. The van der Waals surface area contributed by atoms with Crippen molar-refractivity contribution in [1.29, 1.82) is 0 Å². The fourth-order valence-corrected chi connectivity index (χ4v) is 3.77. The van der Waals surface area contributed by atoms with E-state index in [-0.39, 0.29) is 34.9 Å². The van der Waals surface area contributed by atoms with Crippen LogP contribution in [0, 0.1) is 11.8 Å². The van der Waals surface area contributed by atoms with Gasteiger partial charge in [-0.15, -0.1) is 0 Å². The zero-order valence-electron chi connectivity index (χ0n) is 16.0. The van der Waals surface area contributed by atoms with Crippen molar-refractivity contribution in [3.05, 3.63) is 29.8 Å². The number of esters is 2. The first kappa shape index (κ1) is 20.5. The molecular formula is C20H22N2O7. The molecule has 1 aromatic carbocycles. The molecule has 9 heteroatoms. The van der Waals surface area contributed by atoms with E-state index < -0.39 is 31.0 Å². The smallest absolute Gasteiger partial charge is 0.339 e. The average molecular weight is 402 g/mol. The molecule has 0 radical (unpaired) electrons. The van der Waals surface area contributed by atoms with Crippen LogP contribution in [-0.4, -0.2) is 54.8 Å². The maximum atomic E-state index is 12.4. The fraction of sp³-hybridized carbons (Fsp3) is 0.450. The van der Waals surface area contributed by atoms with E-state index in [1.165, 1.54) is 19.2 Å². The maximum Gasteiger partial charge on any atom is 0.339 e. The number of hydrogen-bond donors (Lipinski definition) is 1. The van der Waals surface area contributed by atoms with Gasteiger partial charge >= 0.3 is 11.9 Å². The molecule has 3 rings (SSSR count). The minimum Gasteiger partial charge on any atom is -0.465 e. The number of carbonyl (C=O) groups excluding carboxylic acids is 5. The number of rotatable bonds is 6. The van der Waals surface area contributed by atoms with Crippen molar-refractivity contribution >= 4 is 35.3 Å². The molecule has 1 heterocycles. The van der Waals surface area contributed by atoms with Gasteiger partial charge in [0, 0.05) is 0 Å². The molecule has 1 aromatic rings. The first-order valence-corrected chi connectivity index (χ1v) is 9.40. The second-order valence-corrected chi connectivity index (χ2v) is 7.01. The van der Waals surface area contributed by atoms with Gasteiger partial charge in [0.2, 0.25) is 11.8 Å². The van der Waals surface area contributed by atoms with Gasteiger partial charge in [-0.25, -0.2) is 4.79 Å². The van der Waals surface area contributed by atoms with Gasteiger partial charge in [-0.2, -0.15) is 0 Å². The van der Waals surface area contributed by atoms with Gasteiger partial charge in [-0.3, -0.25) is 24.1 Å². The highest BCUT2D eigenvalue weighted by Crippen LogP contribution is 2.37. The summed E-state index contributed by atoms with van der Waals surface area (Å²) in [7, 11) is 1.22. The minimum absolute atomic E-state index is 0.158. The largest absolute Gasteiger partial charge is 0.465 e. The number of fused-ring (bicyclic) bond motifs is 1. The van der Waals surface area contributed by atoms with Crippen molar-refractivity contribution in [3.63, 3.8) is 0 Å². The second-order valence-electron chi connectivity index (χ2n) is 7.01. The SMILES string of the molecule is COC(=O)c1ccccc1NC(=O)COC(=O)CN1C(=O)C2CCCCC2C1=O. The highest BCUT2D eigenvalue weighted by atomic mass is 16.5. The van der Waals surface area contributed by atoms with Gasteiger partial charge < -0.3 is 14.8 Å². The zero-order chi connectivity index (χ0) is 21.0. The molecule has 29 heavy (non-hydrogen) atoms. The Morgan fingerprint density at radius 1 is 1.07 bits per heavy atom. The number of carbonyl (C=O) groups is 5. The van der Waals surface area contributed by atoms with Crippen molar-refractivity contribution in [3.8, 4) is 0 Å². The van der Waals surface area contributed by atoms with Gasteiger partial charge in [-0.05, 0) is 25.0 Å². The summed E-state index contributed by atoms with van der Waals surface area (Å²) in [6.07, 6.45) is 3.10. The summed E-state index contributed by atoms with van der Waals surface area (Å²) in [5, 5.41) is 2.47. The molecule has 0 spiro atoms. The summed E-state index contributed by atoms with van der Waals surface area (Å²) in [4.78, 5) is 61.5. The van der Waals surface area contributed by atoms with Crippen LogP contribution in [0.4, 0.5) is 5.69 Å². The standard InChI is InChI=1S/C20H22N2O7/c1-28-20(27)14-8-4-5-9-15(14)21-16(23)11-29-17(24)10-22-18(25)12-6-2-3-7-13(12)19(22)26/h4-5,8-9,12-13H,2-3,6-7,10-11H2,1H3,(H,21,23). The maximum absolute atomic E-state index is 12.4. The first-order valence-electron chi connectivity index (χ1n) is 9.40. The lowest BCUT2D eigenvalue weighted by Gasteiger charge is -2.19. The Bertz CT molecular complexity index is 827. The third-order valence-electron chi connectivity index (χ3n) is 5.19. The molecule has 2 atom stereocenters. The lowest BCUT2D eigenvalue weighted by Crippen LogP contribution is -2.37. The fourth-order valence-electron chi connectivity index (χ4n) is 3.77. The number of methoxy groups -OCH3 is 1. The van der Waals surface area contributed by atoms with Crippen molar-refractivity contribution in [2.75, 3.05) is 25.6 Å². The summed E-state index contributed by atoms with van der Waals surface area (Å²) >= 11 is 0. The van der Waals surface area contributed by atoms with Gasteiger partial charge in [0.1, 0.15) is 6.54 Å². The monoisotopic (exact) mass is 402 g/mol. The van der Waals surface area contributed by atoms with Crippen molar-refractivity contribution < 1.29 is 33.4 Å². The van der Waals surface area contributed by atoms with Crippen LogP contribution in [0.1, 0.15) is 36.0 Å². The first-order chi connectivity index (χ1) is 13.9. The number of likely N-dealkylation sites (tertiary alicyclic amines) is 1. The summed E-state index contributed by atoms with van der Waals surface area (Å²) in [6, 6.07) is 6.23. The molecule has 2 unspecified atom stereocenters. The number of benzene rings is 1. The highest BCUT2D eigenvalue weighted by molar-refractivity contribution is 6.07. The van der Waals surface area contributed by atoms with Crippen LogP contribution in [0.5, 0.6) is 0 Å². The van der Waals surface area contributed by atoms with E-state index in [2.05, 4.69) is 10.1 Å². The molecule has 1 aliphatic carbocycles. The summed E-state index contributed by atoms with van der Waals surface area (Å²) < 4.78 is 9.55. The molecular weight excluding hydrogens is 380 g/mol. The third-order valence-corrected chi connectivity index (χ3v) is 5.19. The number of para-hydroxylation sites is 1. The topological polar surface area (TPSA) is 119 Å². The van der Waals surface area contributed by atoms with Crippen molar-refractivity contribution in [2.24, 2.45) is 11.8 Å². The van der Waals surface area contributed by atoms with Crippen LogP contribution in [0.25, 0.3) is 0 Å². The number of nitrogens with zero attached hydrogens (tertiary/aromatic N) is 1. The molecule has 1 N–H and O–H groups in total. The molecule has 1 saturated heterocycles. The van der Waals surface area contributed by atoms with E-state index >= 15 is 0 Å². The van der Waals surface area contributed by atoms with Crippen molar-refractivity contribution in [2.45, 2.75) is 25.7 Å². The predicted molar refractivity (Wildman–Crippen MR) is 99.5 cm³/mol. The van der Waals surface area contributed by atoms with E-state index in [1.807, 2.05) is 0 Å². The summed E-state index contributed by atoms with van der Waals surface area (Å²) in [6.45, 7) is -1.12. The summed E-state index contributed by atoms with van der Waals surface area (Å²) in [5.41, 5.74) is 0.375. The van der Waals surface area contributed by atoms with Crippen LogP contribution in [0.2, 0.25) is 0 Å². The second kappa shape index (κ2) is 8.85. The third kappa shape index (κ3) is 4.44. The number of ether oxygens (including phenoxy) is 2. The van der Waals surface area contributed by atoms with Gasteiger partial charge in [0.25, 0.3) is 5.91 Å². The number of nitrogens with one attached hydrogen (secondary N) is 1. The van der Waals surface area contributed by atoms with Gasteiger partial charge in [0.15, 0.2) is 6.61 Å². The predicted octanol–water partition coefficient (Wildman–Crippen LogP) is 1.13. The van der Waals surface area contributed by atoms with Crippen LogP contribution < -0.4 is 5.32 Å². The Morgan fingerprint density at radius 3 is 2.31 bits per heavy atom. The lowest BCUT2D eigenvalue weighted by molar-refractivity contribution is -0.154. The zero-order valence-corrected chi connectivity index (χ0v) is 16.0. The molecule has 0 aromatic heterocycles. The number of imide groups is 1. The number of amides is 3. The number of hydrogen-bond acceptors (Lipinski definition) is 7. The van der Waals surface area contributed by atoms with Crippen LogP contribution in [0.3, 0.4) is 0 Å². The van der Waals surface area contributed by atoms with Crippen LogP contribution in [0.15, 0.2) is 24.3 Å². The lowest BCUT2D eigenvalue weighted by atomic mass is 9.81. The molecule has 1 aliphatic heterocycles. The summed E-state index contributed by atoms with van der Waals surface area (Å²) in [5.74, 6) is -3.50. The molecule has 2 aliphatic rings. The van der Waals surface area contributed by atoms with Gasteiger partial charge in [0.05, 0.1) is 30.2 Å². The minimum atomic E-state index is -0.846. The highest BCUT2D eigenvalue weighted by Gasteiger charge is 2.48. The number of anilines is 1. The van der Waals surface area contributed by atoms with Crippen LogP contribution in [-0.2, 0) is 28.7 Å². The quantitative estimate of drug-likeness (QED) is 0.559. The van der Waals surface area contributed by atoms with Crippen molar-refractivity contribution in [1.82, 2.24) is 4.90 Å². The van der Waals surface area contributed by atoms with Crippen LogP contribution >= 0.6 is 0 Å². The molecule has 0 bridgehead atoms. The normalized spacial score (nSPS) is 20.8. The average Bonchev–Trinajstić information content (AvgIpc) is 2.97. The Morgan fingerprint density at radius 2 is 1.69 bits per heavy atom. The van der Waals surface area contributed by atoms with E-state index in [4.69, 9.17) is 4.74 Å². The Balaban J connectivity index is 1.52. The molecule has 154 valence electrons. The molecule has 1 saturated carbocycles. The van der Waals surface area contributed by atoms with E-state index in [0.29, 0.717) is 12.8 Å². The molecule has 9 nitrogen and oxygen atoms in total. The Kier molecular flexibility index (Phi) is 6.26. The van der Waals surface area contributed by atoms with E-state index in [0.717, 1.165) is 17.7 Å².